The molecule has 0 N–H and O–H groups in total. The summed E-state index contributed by atoms with van der Waals surface area (Å²) in [6.45, 7) is 4.47. The van der Waals surface area contributed by atoms with Crippen molar-refractivity contribution in [3.63, 3.8) is 0 Å². The number of piperidine rings is 1. The summed E-state index contributed by atoms with van der Waals surface area (Å²) < 4.78 is 0. The first-order valence-corrected chi connectivity index (χ1v) is 3.19. The number of rotatable bonds is 0. The van der Waals surface area contributed by atoms with E-state index in [2.05, 4.69) is 31.8 Å². The molecule has 0 bridgehead atoms. The maximum absolute atomic E-state index is 2.35. The molecule has 51 valence electrons. The first kappa shape index (κ1) is 10.1. The molecule has 1 rings (SSSR count). The van der Waals surface area contributed by atoms with Crippen molar-refractivity contribution >= 4 is 0 Å². The van der Waals surface area contributed by atoms with Crippen LogP contribution in [0.15, 0.2) is 0 Å². The topological polar surface area (TPSA) is 3.24 Å². The maximum Gasteiger partial charge on any atom is 0 e. The van der Waals surface area contributed by atoms with Crippen LogP contribution in [0.2, 0.25) is 0 Å². The van der Waals surface area contributed by atoms with Gasteiger partial charge in [0, 0.05) is 32.7 Å². The van der Waals surface area contributed by atoms with Crippen LogP contribution in [0.1, 0.15) is 19.8 Å². The molecule has 1 unspecified atom stereocenters. The molecule has 1 aliphatic rings. The van der Waals surface area contributed by atoms with Gasteiger partial charge in [-0.3, -0.25) is 6.54 Å². The molecule has 0 saturated carbocycles. The fourth-order valence-corrected chi connectivity index (χ4v) is 0.948. The minimum Gasteiger partial charge on any atom is -0.482 e. The predicted octanol–water partition coefficient (Wildman–Crippen LogP) is 1.46. The van der Waals surface area contributed by atoms with Crippen molar-refractivity contribution in [2.24, 2.45) is 0 Å². The summed E-state index contributed by atoms with van der Waals surface area (Å²) in [5, 5.41) is 0. The van der Waals surface area contributed by atoms with E-state index < -0.39 is 0 Å². The van der Waals surface area contributed by atoms with Crippen LogP contribution in [0.5, 0.6) is 0 Å². The summed E-state index contributed by atoms with van der Waals surface area (Å²) in [7, 11) is 2.13. The molecule has 0 aromatic heterocycles. The molecule has 1 heterocycles. The van der Waals surface area contributed by atoms with Gasteiger partial charge in [0.2, 0.25) is 0 Å². The Morgan fingerprint density at radius 3 is 2.44 bits per heavy atom. The zero-order valence-corrected chi connectivity index (χ0v) is 9.01. The third-order valence-electron chi connectivity index (χ3n) is 1.73. The van der Waals surface area contributed by atoms with Gasteiger partial charge in [0.25, 0.3) is 0 Å². The molecule has 0 aromatic rings. The van der Waals surface area contributed by atoms with E-state index in [0.29, 0.717) is 6.04 Å². The van der Waals surface area contributed by atoms with Crippen LogP contribution in [0.4, 0.5) is 0 Å². The van der Waals surface area contributed by atoms with Crippen molar-refractivity contribution < 1.29 is 32.7 Å². The summed E-state index contributed by atoms with van der Waals surface area (Å²) in [6.07, 6.45) is 4.83. The molecule has 2 heteroatoms. The molecule has 1 saturated heterocycles. The van der Waals surface area contributed by atoms with Crippen LogP contribution in [0.25, 0.3) is 0 Å². The van der Waals surface area contributed by atoms with E-state index in [1.165, 1.54) is 12.8 Å². The van der Waals surface area contributed by atoms with E-state index in [4.69, 9.17) is 0 Å². The van der Waals surface area contributed by atoms with Gasteiger partial charge in [0.15, 0.2) is 0 Å². The Morgan fingerprint density at radius 2 is 2.11 bits per heavy atom. The normalized spacial score (nSPS) is 29.3. The van der Waals surface area contributed by atoms with Gasteiger partial charge in [0.1, 0.15) is 0 Å². The van der Waals surface area contributed by atoms with E-state index >= 15 is 0 Å². The zero-order chi connectivity index (χ0) is 5.98. The first-order valence-electron chi connectivity index (χ1n) is 3.19. The SMILES string of the molecule is CC1[CH-]CC[CH-]N1C.[Y]. The average molecular weight is 200 g/mol. The monoisotopic (exact) mass is 200 g/mol. The van der Waals surface area contributed by atoms with Gasteiger partial charge < -0.3 is 11.3 Å². The Morgan fingerprint density at radius 1 is 1.44 bits per heavy atom. The molecule has 0 amide bonds. The minimum absolute atomic E-state index is 0. The van der Waals surface area contributed by atoms with Crippen molar-refractivity contribution in [2.45, 2.75) is 25.8 Å². The van der Waals surface area contributed by atoms with Crippen LogP contribution >= 0.6 is 0 Å². The van der Waals surface area contributed by atoms with Gasteiger partial charge in [-0.25, -0.2) is 6.42 Å². The van der Waals surface area contributed by atoms with E-state index in [1.54, 1.807) is 0 Å². The van der Waals surface area contributed by atoms with Gasteiger partial charge in [-0.15, -0.1) is 6.04 Å². The molecule has 1 fully saturated rings. The van der Waals surface area contributed by atoms with E-state index in [-0.39, 0.29) is 32.7 Å². The minimum atomic E-state index is 0. The smallest absolute Gasteiger partial charge is 0 e. The van der Waals surface area contributed by atoms with Crippen LogP contribution in [0.3, 0.4) is 0 Å². The number of nitrogens with zero attached hydrogens (tertiary/aromatic N) is 1. The van der Waals surface area contributed by atoms with Gasteiger partial charge in [-0.2, -0.15) is 6.42 Å². The quantitative estimate of drug-likeness (QED) is 0.535. The number of hydrogen-bond donors (Lipinski definition) is 0. The molecule has 1 aliphatic heterocycles. The van der Waals surface area contributed by atoms with Crippen molar-refractivity contribution in [1.82, 2.24) is 4.90 Å². The molecule has 0 aromatic carbocycles. The molecule has 1 atom stereocenters. The van der Waals surface area contributed by atoms with Gasteiger partial charge in [0.05, 0.1) is 0 Å². The van der Waals surface area contributed by atoms with Gasteiger partial charge in [-0.1, -0.05) is 6.92 Å². The van der Waals surface area contributed by atoms with Crippen LogP contribution in [-0.4, -0.2) is 18.0 Å². The summed E-state index contributed by atoms with van der Waals surface area (Å²) in [6, 6.07) is 0.656. The molecule has 1 nitrogen and oxygen atoms in total. The standard InChI is InChI=1S/C7H13N.Y/c1-7-5-3-4-6-8(7)2;/h5-7H,3-4H2,1-2H3;/q-2;. The van der Waals surface area contributed by atoms with Crippen LogP contribution < -0.4 is 0 Å². The van der Waals surface area contributed by atoms with Crippen molar-refractivity contribution in [3.05, 3.63) is 13.0 Å². The maximum atomic E-state index is 2.35. The second-order valence-electron chi connectivity index (χ2n) is 2.40. The molecule has 0 spiro atoms. The molecule has 1 radical (unpaired) electrons. The van der Waals surface area contributed by atoms with E-state index in [9.17, 15) is 0 Å². The van der Waals surface area contributed by atoms with Crippen molar-refractivity contribution in [3.8, 4) is 0 Å². The predicted molar refractivity (Wildman–Crippen MR) is 35.1 cm³/mol. The Kier molecular flexibility index (Phi) is 5.38. The molecular weight excluding hydrogens is 187 g/mol. The van der Waals surface area contributed by atoms with Gasteiger partial charge in [-0.05, 0) is 7.05 Å². The van der Waals surface area contributed by atoms with E-state index in [1.807, 2.05) is 0 Å². The largest absolute Gasteiger partial charge is 0.482 e. The fraction of sp³-hybridized carbons (Fsp3) is 0.714. The third-order valence-corrected chi connectivity index (χ3v) is 1.73. The first-order chi connectivity index (χ1) is 3.80. The molecule has 9 heavy (non-hydrogen) atoms. The molecule has 0 aliphatic carbocycles. The van der Waals surface area contributed by atoms with Crippen LogP contribution in [-0.2, 0) is 32.7 Å². The van der Waals surface area contributed by atoms with Gasteiger partial charge >= 0.3 is 0 Å². The van der Waals surface area contributed by atoms with Crippen LogP contribution in [0, 0.1) is 13.0 Å². The second-order valence-corrected chi connectivity index (χ2v) is 2.40. The Bertz CT molecular complexity index is 65.3. The summed E-state index contributed by atoms with van der Waals surface area (Å²) in [5.41, 5.74) is 0. The Labute approximate surface area is 83.1 Å². The fourth-order valence-electron chi connectivity index (χ4n) is 0.948. The van der Waals surface area contributed by atoms with Crippen molar-refractivity contribution in [1.29, 1.82) is 0 Å². The Hall–Kier alpha value is 1.06. The number of likely N-dealkylation sites (tertiary alicyclic amines) is 1. The Balaban J connectivity index is 0.000000640. The average Bonchev–Trinajstić information content (AvgIpc) is 1.77. The van der Waals surface area contributed by atoms with E-state index in [0.717, 1.165) is 0 Å². The molecular formula is C7H13NY-2. The summed E-state index contributed by atoms with van der Waals surface area (Å²) >= 11 is 0. The number of hydrogen-bond acceptors (Lipinski definition) is 1. The second kappa shape index (κ2) is 4.81. The van der Waals surface area contributed by atoms with Crippen molar-refractivity contribution in [2.75, 3.05) is 7.05 Å². The third kappa shape index (κ3) is 3.11. The zero-order valence-electron chi connectivity index (χ0n) is 6.17. The summed E-state index contributed by atoms with van der Waals surface area (Å²) in [5.74, 6) is 0. The summed E-state index contributed by atoms with van der Waals surface area (Å²) in [4.78, 5) is 2.25.